The number of halogens is 1. The predicted molar refractivity (Wildman–Crippen MR) is 68.8 cm³/mol. The lowest BCUT2D eigenvalue weighted by Gasteiger charge is -1.99. The van der Waals surface area contributed by atoms with E-state index in [9.17, 15) is 4.39 Å². The molecular weight excluding hydrogens is 229 g/mol. The van der Waals surface area contributed by atoms with E-state index in [2.05, 4.69) is 10.5 Å². The average Bonchev–Trinajstić information content (AvgIpc) is 2.42. The molecule has 0 unspecified atom stereocenters. The summed E-state index contributed by atoms with van der Waals surface area (Å²) >= 11 is 0. The molecule has 18 heavy (non-hydrogen) atoms. The number of anilines is 1. The molecule has 0 radical (unpaired) electrons. The maximum atomic E-state index is 13.1. The largest absolute Gasteiger partial charge is 0.279 e. The van der Waals surface area contributed by atoms with E-state index in [1.807, 2.05) is 30.3 Å². The van der Waals surface area contributed by atoms with E-state index in [1.165, 1.54) is 18.3 Å². The number of rotatable bonds is 3. The fraction of sp³-hybridized carbons (Fsp3) is 0. The first-order chi connectivity index (χ1) is 8.79. The molecule has 0 aromatic heterocycles. The van der Waals surface area contributed by atoms with Gasteiger partial charge < -0.3 is 0 Å². The van der Waals surface area contributed by atoms with Crippen LogP contribution in [0.4, 0.5) is 10.1 Å². The number of nitrogens with zero attached hydrogens (tertiary/aromatic N) is 2. The number of nitrogens with one attached hydrogen (secondary N) is 1. The van der Waals surface area contributed by atoms with Crippen molar-refractivity contribution in [3.05, 3.63) is 65.5 Å². The molecule has 0 atom stereocenters. The third kappa shape index (κ3) is 2.92. The molecule has 1 N–H and O–H groups in total. The third-order valence-corrected chi connectivity index (χ3v) is 2.29. The van der Waals surface area contributed by atoms with Crippen molar-refractivity contribution >= 4 is 11.9 Å². The summed E-state index contributed by atoms with van der Waals surface area (Å²) < 4.78 is 13.1. The molecule has 0 saturated heterocycles. The van der Waals surface area contributed by atoms with Crippen LogP contribution in [0.5, 0.6) is 0 Å². The molecule has 0 saturated carbocycles. The lowest BCUT2D eigenvalue weighted by Crippen LogP contribution is -1.92. The molecule has 0 aliphatic heterocycles. The first-order valence-corrected chi connectivity index (χ1v) is 5.33. The molecular formula is C14H10FN3. The van der Waals surface area contributed by atoms with Gasteiger partial charge in [-0.1, -0.05) is 24.3 Å². The smallest absolute Gasteiger partial charge is 0.140 e. The van der Waals surface area contributed by atoms with Crippen LogP contribution in [-0.4, -0.2) is 6.21 Å². The molecule has 2 rings (SSSR count). The topological polar surface area (TPSA) is 48.2 Å². The van der Waals surface area contributed by atoms with Crippen molar-refractivity contribution in [1.29, 1.82) is 5.26 Å². The van der Waals surface area contributed by atoms with Gasteiger partial charge in [-0.3, -0.25) is 5.43 Å². The monoisotopic (exact) mass is 239 g/mol. The van der Waals surface area contributed by atoms with Crippen LogP contribution in [0.25, 0.3) is 0 Å². The average molecular weight is 239 g/mol. The zero-order valence-electron chi connectivity index (χ0n) is 9.47. The second-order valence-electron chi connectivity index (χ2n) is 3.59. The van der Waals surface area contributed by atoms with Gasteiger partial charge >= 0.3 is 0 Å². The van der Waals surface area contributed by atoms with Crippen LogP contribution in [-0.2, 0) is 0 Å². The molecule has 88 valence electrons. The van der Waals surface area contributed by atoms with Gasteiger partial charge in [0.15, 0.2) is 0 Å². The van der Waals surface area contributed by atoms with Crippen molar-refractivity contribution in [3.63, 3.8) is 0 Å². The molecule has 0 fully saturated rings. The summed E-state index contributed by atoms with van der Waals surface area (Å²) in [5.41, 5.74) is 4.37. The second kappa shape index (κ2) is 5.60. The Hall–Kier alpha value is -2.67. The van der Waals surface area contributed by atoms with E-state index in [1.54, 1.807) is 12.1 Å². The number of hydrogen-bond donors (Lipinski definition) is 1. The normalized spacial score (nSPS) is 10.2. The fourth-order valence-electron chi connectivity index (χ4n) is 1.40. The first-order valence-electron chi connectivity index (χ1n) is 5.33. The molecule has 2 aromatic carbocycles. The summed E-state index contributed by atoms with van der Waals surface area (Å²) in [7, 11) is 0. The highest BCUT2D eigenvalue weighted by Gasteiger charge is 2.00. The van der Waals surface area contributed by atoms with E-state index in [0.717, 1.165) is 5.69 Å². The molecule has 0 aliphatic carbocycles. The summed E-state index contributed by atoms with van der Waals surface area (Å²) in [4.78, 5) is 0. The van der Waals surface area contributed by atoms with Gasteiger partial charge in [-0.05, 0) is 29.8 Å². The van der Waals surface area contributed by atoms with Crippen LogP contribution in [0.1, 0.15) is 11.1 Å². The van der Waals surface area contributed by atoms with Gasteiger partial charge in [-0.2, -0.15) is 10.4 Å². The highest BCUT2D eigenvalue weighted by molar-refractivity contribution is 5.80. The van der Waals surface area contributed by atoms with Gasteiger partial charge in [0.05, 0.1) is 17.5 Å². The predicted octanol–water partition coefficient (Wildman–Crippen LogP) is 3.14. The molecule has 3 nitrogen and oxygen atoms in total. The van der Waals surface area contributed by atoms with Crippen LogP contribution in [0.3, 0.4) is 0 Å². The summed E-state index contributed by atoms with van der Waals surface area (Å²) in [5, 5.41) is 12.7. The van der Waals surface area contributed by atoms with Crippen molar-refractivity contribution in [2.45, 2.75) is 0 Å². The van der Waals surface area contributed by atoms with Gasteiger partial charge in [0.1, 0.15) is 11.9 Å². The van der Waals surface area contributed by atoms with E-state index in [4.69, 9.17) is 5.26 Å². The molecule has 2 aromatic rings. The van der Waals surface area contributed by atoms with Crippen LogP contribution in [0.15, 0.2) is 53.6 Å². The highest BCUT2D eigenvalue weighted by Crippen LogP contribution is 2.08. The molecule has 4 heteroatoms. The van der Waals surface area contributed by atoms with Gasteiger partial charge in [-0.25, -0.2) is 4.39 Å². The maximum absolute atomic E-state index is 13.1. The number of nitriles is 1. The minimum absolute atomic E-state index is 0.0126. The Balaban J connectivity index is 2.08. The van der Waals surface area contributed by atoms with Gasteiger partial charge in [0, 0.05) is 0 Å². The van der Waals surface area contributed by atoms with Crippen LogP contribution < -0.4 is 5.43 Å². The van der Waals surface area contributed by atoms with Crippen molar-refractivity contribution in [2.75, 3.05) is 5.43 Å². The fourth-order valence-corrected chi connectivity index (χ4v) is 1.40. The Morgan fingerprint density at radius 3 is 2.67 bits per heavy atom. The second-order valence-corrected chi connectivity index (χ2v) is 3.59. The Bertz CT molecular complexity index is 600. The van der Waals surface area contributed by atoms with Crippen LogP contribution >= 0.6 is 0 Å². The summed E-state index contributed by atoms with van der Waals surface area (Å²) in [6, 6.07) is 15.5. The number of benzene rings is 2. The summed E-state index contributed by atoms with van der Waals surface area (Å²) in [6.45, 7) is 0. The standard InChI is InChI=1S/C14H10FN3/c15-14-7-6-11(8-12(14)9-16)10-17-18-13-4-2-1-3-5-13/h1-8,10,18H. The minimum atomic E-state index is -0.523. The van der Waals surface area contributed by atoms with Gasteiger partial charge in [0.25, 0.3) is 0 Å². The van der Waals surface area contributed by atoms with E-state index in [0.29, 0.717) is 5.56 Å². The molecule has 0 amide bonds. The quantitative estimate of drug-likeness (QED) is 0.660. The Morgan fingerprint density at radius 2 is 1.94 bits per heavy atom. The molecule has 0 heterocycles. The molecule has 0 aliphatic rings. The van der Waals surface area contributed by atoms with Gasteiger partial charge in [-0.15, -0.1) is 0 Å². The van der Waals surface area contributed by atoms with Crippen molar-refractivity contribution in [1.82, 2.24) is 0 Å². The summed E-state index contributed by atoms with van der Waals surface area (Å²) in [6.07, 6.45) is 1.54. The Labute approximate surface area is 104 Å². The van der Waals surface area contributed by atoms with E-state index >= 15 is 0 Å². The van der Waals surface area contributed by atoms with Crippen LogP contribution in [0, 0.1) is 17.1 Å². The Kier molecular flexibility index (Phi) is 3.67. The molecule has 0 spiro atoms. The molecule has 0 bridgehead atoms. The minimum Gasteiger partial charge on any atom is -0.279 e. The maximum Gasteiger partial charge on any atom is 0.140 e. The lowest BCUT2D eigenvalue weighted by molar-refractivity contribution is 0.624. The number of hydrogen-bond acceptors (Lipinski definition) is 3. The van der Waals surface area contributed by atoms with Crippen LogP contribution in [0.2, 0.25) is 0 Å². The van der Waals surface area contributed by atoms with E-state index in [-0.39, 0.29) is 5.56 Å². The van der Waals surface area contributed by atoms with Gasteiger partial charge in [0.2, 0.25) is 0 Å². The van der Waals surface area contributed by atoms with Crippen molar-refractivity contribution in [3.8, 4) is 6.07 Å². The first kappa shape index (κ1) is 11.8. The zero-order chi connectivity index (χ0) is 12.8. The highest BCUT2D eigenvalue weighted by atomic mass is 19.1. The zero-order valence-corrected chi connectivity index (χ0v) is 9.47. The van der Waals surface area contributed by atoms with Crippen molar-refractivity contribution < 1.29 is 4.39 Å². The number of hydrazone groups is 1. The van der Waals surface area contributed by atoms with Crippen molar-refractivity contribution in [2.24, 2.45) is 5.10 Å². The number of para-hydroxylation sites is 1. The summed E-state index contributed by atoms with van der Waals surface area (Å²) in [5.74, 6) is -0.523. The lowest BCUT2D eigenvalue weighted by atomic mass is 10.1. The van der Waals surface area contributed by atoms with E-state index < -0.39 is 5.82 Å². The Morgan fingerprint density at radius 1 is 1.17 bits per heavy atom. The third-order valence-electron chi connectivity index (χ3n) is 2.29. The SMILES string of the molecule is N#Cc1cc(C=NNc2ccccc2)ccc1F.